The minimum atomic E-state index is -1.43. The summed E-state index contributed by atoms with van der Waals surface area (Å²) in [5.41, 5.74) is 8.27. The molecule has 1 aliphatic heterocycles. The van der Waals surface area contributed by atoms with Crippen LogP contribution in [0.4, 0.5) is 0 Å². The Morgan fingerprint density at radius 2 is 1.74 bits per heavy atom. The number of nitrogens with zero attached hydrogens (tertiary/aromatic N) is 3. The molecule has 14 nitrogen and oxygen atoms in total. The largest absolute Gasteiger partial charge is 0.508 e. The first kappa shape index (κ1) is 33.7. The van der Waals surface area contributed by atoms with Crippen LogP contribution in [0.2, 0.25) is 0 Å². The van der Waals surface area contributed by atoms with Gasteiger partial charge >= 0.3 is 0 Å². The topological polar surface area (TPSA) is 220 Å². The first-order chi connectivity index (χ1) is 22.1. The van der Waals surface area contributed by atoms with Gasteiger partial charge in [0.15, 0.2) is 0 Å². The van der Waals surface area contributed by atoms with Crippen LogP contribution in [0.15, 0.2) is 64.7 Å². The van der Waals surface area contributed by atoms with E-state index < -0.39 is 54.4 Å². The lowest BCUT2D eigenvalue weighted by Crippen LogP contribution is -2.59. The number of para-hydroxylation sites is 1. The van der Waals surface area contributed by atoms with Gasteiger partial charge in [0.1, 0.15) is 36.2 Å². The zero-order chi connectivity index (χ0) is 33.2. The highest BCUT2D eigenvalue weighted by atomic mass is 16.3. The van der Waals surface area contributed by atoms with E-state index in [1.54, 1.807) is 18.3 Å². The van der Waals surface area contributed by atoms with Crippen molar-refractivity contribution in [2.75, 3.05) is 13.2 Å². The minimum absolute atomic E-state index is 0.000122. The SMILES string of the molecule is CCCN(C(=O)[C@H](CO)NC(=O)[C@H](Cc1c[nH]c2ccccc12)NC(=O)[C@@H](N)CC1=NC=NC1=O)[C@H](C=O)Cc1ccc(O)cc1. The standard InChI is InChI=1S/C32H37N7O7/c1-2-11-39(21(16-40)12-19-7-9-22(42)10-8-19)32(46)28(17-41)38-31(45)27(13-20-15-34-25-6-4-3-5-23(20)25)37-29(43)24(33)14-26-30(44)36-18-35-26/h3-10,15-16,18,21,24,27-28,34,41-42H,2,11-14,17,33H2,1H3,(H,37,43)(H,38,45)/t21-,24-,27-,28-/m0/s1. The van der Waals surface area contributed by atoms with E-state index in [1.165, 1.54) is 17.0 Å². The molecule has 0 aliphatic carbocycles. The van der Waals surface area contributed by atoms with Gasteiger partial charge in [-0.1, -0.05) is 37.3 Å². The van der Waals surface area contributed by atoms with Crippen molar-refractivity contribution in [1.29, 1.82) is 0 Å². The first-order valence-electron chi connectivity index (χ1n) is 14.8. The number of carbonyl (C=O) groups excluding carboxylic acids is 5. The highest BCUT2D eigenvalue weighted by Crippen LogP contribution is 2.20. The Balaban J connectivity index is 1.53. The third kappa shape index (κ3) is 8.28. The molecule has 2 heterocycles. The summed E-state index contributed by atoms with van der Waals surface area (Å²) in [7, 11) is 0. The van der Waals surface area contributed by atoms with Gasteiger partial charge in [-0.05, 0) is 42.2 Å². The molecule has 4 atom stereocenters. The number of rotatable bonds is 16. The smallest absolute Gasteiger partial charge is 0.292 e. The fourth-order valence-electron chi connectivity index (χ4n) is 5.17. The van der Waals surface area contributed by atoms with Crippen molar-refractivity contribution in [3.63, 3.8) is 0 Å². The Labute approximate surface area is 264 Å². The van der Waals surface area contributed by atoms with Crippen LogP contribution in [-0.2, 0) is 36.8 Å². The number of hydrogen-bond acceptors (Lipinski definition) is 9. The van der Waals surface area contributed by atoms with Gasteiger partial charge in [0, 0.05) is 36.5 Å². The zero-order valence-corrected chi connectivity index (χ0v) is 25.3. The Bertz CT molecular complexity index is 1630. The zero-order valence-electron chi connectivity index (χ0n) is 25.3. The highest BCUT2D eigenvalue weighted by Gasteiger charge is 2.33. The molecule has 0 saturated heterocycles. The molecule has 7 N–H and O–H groups in total. The summed E-state index contributed by atoms with van der Waals surface area (Å²) in [6, 6.07) is 8.79. The molecule has 3 aromatic rings. The van der Waals surface area contributed by atoms with Crippen LogP contribution in [0.5, 0.6) is 5.75 Å². The molecule has 14 heteroatoms. The maximum atomic E-state index is 13.7. The molecular formula is C32H37N7O7. The lowest BCUT2D eigenvalue weighted by molar-refractivity contribution is -0.142. The molecule has 4 rings (SSSR count). The quantitative estimate of drug-likeness (QED) is 0.119. The number of aromatic nitrogens is 1. The number of nitrogens with two attached hydrogens (primary N) is 1. The third-order valence-electron chi connectivity index (χ3n) is 7.60. The molecular weight excluding hydrogens is 594 g/mol. The number of carbonyl (C=O) groups is 5. The average Bonchev–Trinajstić information content (AvgIpc) is 3.66. The summed E-state index contributed by atoms with van der Waals surface area (Å²) in [5.74, 6) is -2.73. The monoisotopic (exact) mass is 631 g/mol. The highest BCUT2D eigenvalue weighted by molar-refractivity contribution is 6.44. The molecule has 0 fully saturated rings. The summed E-state index contributed by atoms with van der Waals surface area (Å²) < 4.78 is 0. The van der Waals surface area contributed by atoms with Gasteiger partial charge in [-0.15, -0.1) is 0 Å². The van der Waals surface area contributed by atoms with Crippen LogP contribution in [-0.4, -0.2) is 99.4 Å². The fraction of sp³-hybridized carbons (Fsp3) is 0.344. The maximum Gasteiger partial charge on any atom is 0.292 e. The van der Waals surface area contributed by atoms with Crippen LogP contribution in [0.3, 0.4) is 0 Å². The Kier molecular flexibility index (Phi) is 11.5. The van der Waals surface area contributed by atoms with Crippen LogP contribution in [0, 0.1) is 0 Å². The molecule has 0 saturated carbocycles. The molecule has 1 aromatic heterocycles. The number of nitrogens with one attached hydrogen (secondary N) is 3. The first-order valence-corrected chi connectivity index (χ1v) is 14.8. The van der Waals surface area contributed by atoms with E-state index in [9.17, 15) is 34.2 Å². The van der Waals surface area contributed by atoms with E-state index in [4.69, 9.17) is 5.73 Å². The van der Waals surface area contributed by atoms with Crippen LogP contribution in [0.25, 0.3) is 10.9 Å². The van der Waals surface area contributed by atoms with E-state index in [0.717, 1.165) is 17.2 Å². The summed E-state index contributed by atoms with van der Waals surface area (Å²) in [6.07, 6.45) is 3.84. The maximum absolute atomic E-state index is 13.7. The number of amides is 4. The average molecular weight is 632 g/mol. The van der Waals surface area contributed by atoms with Crippen LogP contribution >= 0.6 is 0 Å². The molecule has 0 spiro atoms. The van der Waals surface area contributed by atoms with Crippen molar-refractivity contribution in [2.24, 2.45) is 15.7 Å². The van der Waals surface area contributed by atoms with Crippen molar-refractivity contribution in [3.05, 3.63) is 65.9 Å². The van der Waals surface area contributed by atoms with Gasteiger partial charge < -0.3 is 41.3 Å². The van der Waals surface area contributed by atoms with Crippen LogP contribution < -0.4 is 16.4 Å². The number of hydrogen-bond donors (Lipinski definition) is 6. The van der Waals surface area contributed by atoms with E-state index in [1.807, 2.05) is 31.2 Å². The predicted octanol–water partition coefficient (Wildman–Crippen LogP) is 0.154. The number of H-pyrrole nitrogens is 1. The lowest BCUT2D eigenvalue weighted by atomic mass is 10.0. The normalized spacial score (nSPS) is 15.1. The second-order valence-corrected chi connectivity index (χ2v) is 10.9. The predicted molar refractivity (Wildman–Crippen MR) is 170 cm³/mol. The Morgan fingerprint density at radius 3 is 2.39 bits per heavy atom. The minimum Gasteiger partial charge on any atom is -0.508 e. The number of aromatic hydroxyl groups is 1. The van der Waals surface area contributed by atoms with Gasteiger partial charge in [-0.25, -0.2) is 4.99 Å². The van der Waals surface area contributed by atoms with Gasteiger partial charge in [0.2, 0.25) is 17.7 Å². The molecule has 2 aromatic carbocycles. The summed E-state index contributed by atoms with van der Waals surface area (Å²) in [5, 5.41) is 25.8. The number of aliphatic imine (C=N–C) groups is 2. The molecule has 242 valence electrons. The molecule has 0 unspecified atom stereocenters. The second-order valence-electron chi connectivity index (χ2n) is 10.9. The Morgan fingerprint density at radius 1 is 1.02 bits per heavy atom. The summed E-state index contributed by atoms with van der Waals surface area (Å²) in [6.45, 7) is 1.22. The second kappa shape index (κ2) is 15.7. The fourth-order valence-corrected chi connectivity index (χ4v) is 5.17. The molecule has 0 bridgehead atoms. The van der Waals surface area contributed by atoms with Gasteiger partial charge in [-0.2, -0.15) is 4.99 Å². The van der Waals surface area contributed by atoms with E-state index in [0.29, 0.717) is 23.8 Å². The number of aromatic amines is 1. The summed E-state index contributed by atoms with van der Waals surface area (Å²) in [4.78, 5) is 76.3. The molecule has 0 radical (unpaired) electrons. The van der Waals surface area contributed by atoms with E-state index >= 15 is 0 Å². The number of phenolic OH excluding ortho intramolecular Hbond substituents is 1. The number of aliphatic hydroxyl groups is 1. The van der Waals surface area contributed by atoms with Gasteiger partial charge in [0.25, 0.3) is 5.91 Å². The molecule has 4 amide bonds. The van der Waals surface area contributed by atoms with Gasteiger partial charge in [-0.3, -0.25) is 19.2 Å². The number of aliphatic hydroxyl groups excluding tert-OH is 1. The van der Waals surface area contributed by atoms with Crippen LogP contribution in [0.1, 0.15) is 30.9 Å². The van der Waals surface area contributed by atoms with Crippen molar-refractivity contribution in [2.45, 2.75) is 56.8 Å². The number of phenols is 1. The number of benzene rings is 2. The van der Waals surface area contributed by atoms with Crippen molar-refractivity contribution in [1.82, 2.24) is 20.5 Å². The molecule has 46 heavy (non-hydrogen) atoms. The number of aldehydes is 1. The number of fused-ring (bicyclic) bond motifs is 1. The van der Waals surface area contributed by atoms with E-state index in [2.05, 4.69) is 25.6 Å². The Hall–Kier alpha value is -5.21. The lowest BCUT2D eigenvalue weighted by Gasteiger charge is -2.32. The van der Waals surface area contributed by atoms with Crippen molar-refractivity contribution in [3.8, 4) is 5.75 Å². The van der Waals surface area contributed by atoms with Crippen molar-refractivity contribution >= 4 is 52.9 Å². The van der Waals surface area contributed by atoms with Gasteiger partial charge in [0.05, 0.1) is 18.7 Å². The summed E-state index contributed by atoms with van der Waals surface area (Å²) >= 11 is 0. The molecule has 1 aliphatic rings. The third-order valence-corrected chi connectivity index (χ3v) is 7.60. The van der Waals surface area contributed by atoms with Crippen molar-refractivity contribution < 1.29 is 34.2 Å². The van der Waals surface area contributed by atoms with E-state index in [-0.39, 0.29) is 37.3 Å².